The van der Waals surface area contributed by atoms with Crippen LogP contribution in [0.1, 0.15) is 31.4 Å². The Bertz CT molecular complexity index is 1050. The number of nitrogens with zero attached hydrogens (tertiary/aromatic N) is 3. The number of halogens is 3. The minimum absolute atomic E-state index is 0.0699. The van der Waals surface area contributed by atoms with Gasteiger partial charge in [0, 0.05) is 40.1 Å². The standard InChI is InChI=1S/C21H22Cl2FN5O/c1-12(19-16(22)4-5-17(24)20(19)23)30-18-7-13(8-27-21(18)25)14-9-28-29(10-14)11-15-3-2-6-26-15/h4-5,7-10,12,15,26H,2-3,6,11H2,1H3,(H2,25,27)/t12?,15-/m0/s1. The molecule has 9 heteroatoms. The summed E-state index contributed by atoms with van der Waals surface area (Å²) in [7, 11) is 0. The fourth-order valence-corrected chi connectivity index (χ4v) is 4.30. The molecule has 0 spiro atoms. The highest BCUT2D eigenvalue weighted by Crippen LogP contribution is 2.36. The fourth-order valence-electron chi connectivity index (χ4n) is 3.62. The lowest BCUT2D eigenvalue weighted by Crippen LogP contribution is -2.26. The second kappa shape index (κ2) is 8.79. The molecule has 0 bridgehead atoms. The predicted octanol–water partition coefficient (Wildman–Crippen LogP) is 4.87. The number of hydrogen-bond acceptors (Lipinski definition) is 5. The predicted molar refractivity (Wildman–Crippen MR) is 116 cm³/mol. The van der Waals surface area contributed by atoms with Gasteiger partial charge < -0.3 is 15.8 Å². The van der Waals surface area contributed by atoms with Gasteiger partial charge in [-0.15, -0.1) is 0 Å². The van der Waals surface area contributed by atoms with Gasteiger partial charge in [-0.1, -0.05) is 23.2 Å². The first-order valence-corrected chi connectivity index (χ1v) is 10.5. The van der Waals surface area contributed by atoms with E-state index in [1.807, 2.05) is 10.9 Å². The summed E-state index contributed by atoms with van der Waals surface area (Å²) in [5.41, 5.74) is 8.09. The summed E-state index contributed by atoms with van der Waals surface area (Å²) in [6, 6.07) is 4.90. The van der Waals surface area contributed by atoms with Crippen LogP contribution in [0, 0.1) is 5.82 Å². The number of benzene rings is 1. The van der Waals surface area contributed by atoms with Crippen molar-refractivity contribution in [3.63, 3.8) is 0 Å². The molecule has 30 heavy (non-hydrogen) atoms. The number of anilines is 1. The van der Waals surface area contributed by atoms with Crippen LogP contribution in [-0.4, -0.2) is 27.4 Å². The number of nitrogen functional groups attached to an aromatic ring is 1. The smallest absolute Gasteiger partial charge is 0.166 e. The van der Waals surface area contributed by atoms with Crippen molar-refractivity contribution in [1.29, 1.82) is 0 Å². The Balaban J connectivity index is 1.55. The highest BCUT2D eigenvalue weighted by Gasteiger charge is 2.20. The minimum Gasteiger partial charge on any atom is -0.482 e. The highest BCUT2D eigenvalue weighted by atomic mass is 35.5. The Labute approximate surface area is 184 Å². The molecule has 0 amide bonds. The lowest BCUT2D eigenvalue weighted by atomic mass is 10.1. The van der Waals surface area contributed by atoms with Gasteiger partial charge in [-0.05, 0) is 44.5 Å². The van der Waals surface area contributed by atoms with Gasteiger partial charge in [0.05, 0.1) is 17.8 Å². The van der Waals surface area contributed by atoms with Crippen LogP contribution < -0.4 is 15.8 Å². The second-order valence-corrected chi connectivity index (χ2v) is 8.15. The molecule has 1 fully saturated rings. The van der Waals surface area contributed by atoms with Crippen molar-refractivity contribution in [2.24, 2.45) is 0 Å². The Morgan fingerprint density at radius 3 is 2.93 bits per heavy atom. The van der Waals surface area contributed by atoms with E-state index in [1.54, 1.807) is 25.4 Å². The van der Waals surface area contributed by atoms with Crippen molar-refractivity contribution in [2.75, 3.05) is 12.3 Å². The fraction of sp³-hybridized carbons (Fsp3) is 0.333. The van der Waals surface area contributed by atoms with Gasteiger partial charge in [-0.25, -0.2) is 9.37 Å². The molecule has 1 aliphatic rings. The summed E-state index contributed by atoms with van der Waals surface area (Å²) in [6.07, 6.45) is 7.15. The molecule has 4 rings (SSSR count). The molecule has 1 aliphatic heterocycles. The number of rotatable bonds is 6. The second-order valence-electron chi connectivity index (χ2n) is 7.37. The average molecular weight is 450 g/mol. The number of pyridine rings is 1. The first kappa shape index (κ1) is 20.9. The zero-order valence-electron chi connectivity index (χ0n) is 16.4. The number of aromatic nitrogens is 3. The van der Waals surface area contributed by atoms with Crippen molar-refractivity contribution in [3.8, 4) is 16.9 Å². The number of nitrogens with two attached hydrogens (primary N) is 1. The van der Waals surface area contributed by atoms with Gasteiger partial charge in [0.15, 0.2) is 11.6 Å². The van der Waals surface area contributed by atoms with E-state index in [9.17, 15) is 4.39 Å². The van der Waals surface area contributed by atoms with Gasteiger partial charge >= 0.3 is 0 Å². The molecule has 2 atom stereocenters. The molecule has 1 aromatic carbocycles. The monoisotopic (exact) mass is 449 g/mol. The van der Waals surface area contributed by atoms with Crippen LogP contribution in [0.2, 0.25) is 10.0 Å². The third-order valence-corrected chi connectivity index (χ3v) is 5.92. The molecule has 158 valence electrons. The molecule has 6 nitrogen and oxygen atoms in total. The van der Waals surface area contributed by atoms with E-state index in [0.717, 1.165) is 30.6 Å². The third kappa shape index (κ3) is 4.38. The Kier molecular flexibility index (Phi) is 6.13. The van der Waals surface area contributed by atoms with Crippen molar-refractivity contribution >= 4 is 29.0 Å². The Morgan fingerprint density at radius 1 is 1.33 bits per heavy atom. The van der Waals surface area contributed by atoms with Crippen LogP contribution in [0.15, 0.2) is 36.8 Å². The van der Waals surface area contributed by atoms with E-state index >= 15 is 0 Å². The lowest BCUT2D eigenvalue weighted by molar-refractivity contribution is 0.227. The molecular formula is C21H22Cl2FN5O. The highest BCUT2D eigenvalue weighted by molar-refractivity contribution is 6.36. The van der Waals surface area contributed by atoms with Gasteiger partial charge in [0.2, 0.25) is 0 Å². The summed E-state index contributed by atoms with van der Waals surface area (Å²) in [5, 5.41) is 8.16. The largest absolute Gasteiger partial charge is 0.482 e. The SMILES string of the molecule is CC(Oc1cc(-c2cnn(C[C@@H]3CCCN3)c2)cnc1N)c1c(Cl)ccc(F)c1Cl. The molecule has 3 heterocycles. The van der Waals surface area contributed by atoms with Crippen molar-refractivity contribution < 1.29 is 9.13 Å². The van der Waals surface area contributed by atoms with Crippen LogP contribution in [0.3, 0.4) is 0 Å². The number of hydrogen-bond donors (Lipinski definition) is 2. The van der Waals surface area contributed by atoms with Gasteiger partial charge in [-0.2, -0.15) is 5.10 Å². The third-order valence-electron chi connectivity index (χ3n) is 5.21. The molecule has 0 radical (unpaired) electrons. The van der Waals surface area contributed by atoms with E-state index in [1.165, 1.54) is 18.6 Å². The van der Waals surface area contributed by atoms with Crippen LogP contribution in [-0.2, 0) is 6.54 Å². The van der Waals surface area contributed by atoms with E-state index in [2.05, 4.69) is 15.4 Å². The first-order valence-electron chi connectivity index (χ1n) is 9.74. The van der Waals surface area contributed by atoms with E-state index in [0.29, 0.717) is 22.4 Å². The molecule has 3 N–H and O–H groups in total. The van der Waals surface area contributed by atoms with Crippen LogP contribution in [0.4, 0.5) is 10.2 Å². The minimum atomic E-state index is -0.629. The van der Waals surface area contributed by atoms with Crippen LogP contribution >= 0.6 is 23.2 Å². The Hall–Kier alpha value is -2.35. The molecule has 3 aromatic rings. The summed E-state index contributed by atoms with van der Waals surface area (Å²) >= 11 is 12.3. The summed E-state index contributed by atoms with van der Waals surface area (Å²) in [5.74, 6) is 0.0222. The van der Waals surface area contributed by atoms with Gasteiger partial charge in [0.1, 0.15) is 11.9 Å². The lowest BCUT2D eigenvalue weighted by Gasteiger charge is -2.19. The number of ether oxygens (including phenoxy) is 1. The summed E-state index contributed by atoms with van der Waals surface area (Å²) in [4.78, 5) is 4.24. The summed E-state index contributed by atoms with van der Waals surface area (Å²) in [6.45, 7) is 3.60. The molecule has 0 aliphatic carbocycles. The zero-order chi connectivity index (χ0) is 21.3. The van der Waals surface area contributed by atoms with Crippen molar-refractivity contribution in [1.82, 2.24) is 20.1 Å². The maximum atomic E-state index is 13.9. The van der Waals surface area contributed by atoms with Crippen LogP contribution in [0.5, 0.6) is 5.75 Å². The topological polar surface area (TPSA) is 78.0 Å². The van der Waals surface area contributed by atoms with Crippen molar-refractivity contribution in [3.05, 3.63) is 58.2 Å². The molecule has 1 saturated heterocycles. The van der Waals surface area contributed by atoms with E-state index < -0.39 is 11.9 Å². The molecular weight excluding hydrogens is 428 g/mol. The van der Waals surface area contributed by atoms with E-state index in [4.69, 9.17) is 33.7 Å². The molecule has 2 aromatic heterocycles. The maximum Gasteiger partial charge on any atom is 0.166 e. The van der Waals surface area contributed by atoms with Crippen LogP contribution in [0.25, 0.3) is 11.1 Å². The normalized spacial score (nSPS) is 17.3. The maximum absolute atomic E-state index is 13.9. The average Bonchev–Trinajstić information content (AvgIpc) is 3.39. The van der Waals surface area contributed by atoms with Crippen molar-refractivity contribution in [2.45, 2.75) is 38.5 Å². The summed E-state index contributed by atoms with van der Waals surface area (Å²) < 4.78 is 21.8. The van der Waals surface area contributed by atoms with E-state index in [-0.39, 0.29) is 10.8 Å². The quantitative estimate of drug-likeness (QED) is 0.525. The zero-order valence-corrected chi connectivity index (χ0v) is 17.9. The number of nitrogens with one attached hydrogen (secondary N) is 1. The molecule has 1 unspecified atom stereocenters. The van der Waals surface area contributed by atoms with Gasteiger partial charge in [0.25, 0.3) is 0 Å². The van der Waals surface area contributed by atoms with Gasteiger partial charge in [-0.3, -0.25) is 4.68 Å². The first-order chi connectivity index (χ1) is 14.4. The molecule has 0 saturated carbocycles. The Morgan fingerprint density at radius 2 is 2.17 bits per heavy atom.